The van der Waals surface area contributed by atoms with E-state index in [-0.39, 0.29) is 24.2 Å². The van der Waals surface area contributed by atoms with Crippen LogP contribution in [0.2, 0.25) is 0 Å². The second kappa shape index (κ2) is 7.41. The van der Waals surface area contributed by atoms with Crippen LogP contribution >= 0.6 is 24.0 Å². The van der Waals surface area contributed by atoms with Gasteiger partial charge in [-0.1, -0.05) is 0 Å². The van der Waals surface area contributed by atoms with E-state index in [1.807, 2.05) is 4.90 Å². The zero-order valence-corrected chi connectivity index (χ0v) is 11.5. The van der Waals surface area contributed by atoms with E-state index in [1.165, 1.54) is 6.42 Å². The third-order valence-corrected chi connectivity index (χ3v) is 3.65. The van der Waals surface area contributed by atoms with E-state index in [4.69, 9.17) is 16.3 Å². The van der Waals surface area contributed by atoms with Crippen molar-refractivity contribution in [1.82, 2.24) is 9.80 Å². The van der Waals surface area contributed by atoms with Gasteiger partial charge in [-0.15, -0.1) is 24.0 Å². The lowest BCUT2D eigenvalue weighted by molar-refractivity contribution is -0.131. The number of alkyl halides is 1. The highest BCUT2D eigenvalue weighted by Crippen LogP contribution is 2.17. The molecular weight excluding hydrogens is 263 g/mol. The number of nitrogens with zero attached hydrogens (tertiary/aromatic N) is 2. The highest BCUT2D eigenvalue weighted by molar-refractivity contribution is 6.27. The molecule has 0 aromatic heterocycles. The van der Waals surface area contributed by atoms with Crippen molar-refractivity contribution in [2.24, 2.45) is 0 Å². The molecule has 0 saturated carbocycles. The van der Waals surface area contributed by atoms with E-state index >= 15 is 0 Å². The van der Waals surface area contributed by atoms with Gasteiger partial charge in [0.25, 0.3) is 0 Å². The molecule has 2 heterocycles. The fourth-order valence-corrected chi connectivity index (χ4v) is 2.68. The lowest BCUT2D eigenvalue weighted by atomic mass is 10.0. The van der Waals surface area contributed by atoms with Gasteiger partial charge in [-0.3, -0.25) is 9.69 Å². The van der Waals surface area contributed by atoms with Crippen molar-refractivity contribution >= 4 is 29.9 Å². The second-order valence-electron chi connectivity index (χ2n) is 4.42. The zero-order chi connectivity index (χ0) is 11.4. The van der Waals surface area contributed by atoms with Crippen LogP contribution in [0, 0.1) is 0 Å². The monoisotopic (exact) mass is 282 g/mol. The molecule has 0 aromatic rings. The first kappa shape index (κ1) is 15.0. The second-order valence-corrected chi connectivity index (χ2v) is 4.69. The average molecular weight is 283 g/mol. The van der Waals surface area contributed by atoms with Gasteiger partial charge in [0, 0.05) is 32.2 Å². The Morgan fingerprint density at radius 3 is 2.65 bits per heavy atom. The molecular formula is C11H20Cl2N2O2. The number of amides is 1. The van der Waals surface area contributed by atoms with Gasteiger partial charge in [0.15, 0.2) is 0 Å². The molecule has 2 saturated heterocycles. The van der Waals surface area contributed by atoms with Crippen LogP contribution in [0.5, 0.6) is 0 Å². The van der Waals surface area contributed by atoms with Gasteiger partial charge in [-0.2, -0.15) is 0 Å². The molecule has 0 radical (unpaired) electrons. The van der Waals surface area contributed by atoms with E-state index in [1.54, 1.807) is 0 Å². The summed E-state index contributed by atoms with van der Waals surface area (Å²) in [6.45, 7) is 5.33. The summed E-state index contributed by atoms with van der Waals surface area (Å²) in [6.07, 6.45) is 2.27. The summed E-state index contributed by atoms with van der Waals surface area (Å²) in [5, 5.41) is 0. The molecule has 2 aliphatic heterocycles. The molecule has 2 rings (SSSR count). The van der Waals surface area contributed by atoms with Crippen molar-refractivity contribution in [2.75, 3.05) is 45.3 Å². The first-order chi connectivity index (χ1) is 7.81. The number of hydrogen-bond acceptors (Lipinski definition) is 3. The molecule has 17 heavy (non-hydrogen) atoms. The van der Waals surface area contributed by atoms with E-state index in [0.29, 0.717) is 6.04 Å². The number of ether oxygens (including phenoxy) is 1. The van der Waals surface area contributed by atoms with Crippen LogP contribution in [-0.2, 0) is 9.53 Å². The predicted octanol–water partition coefficient (Wildman–Crippen LogP) is 0.970. The standard InChI is InChI=1S/C11H19ClN2O2.ClH/c12-8-11(15)14-3-1-2-10(9-14)13-4-6-16-7-5-13;/h10H,1-9H2;1H. The topological polar surface area (TPSA) is 32.8 Å². The maximum Gasteiger partial charge on any atom is 0.237 e. The first-order valence-electron chi connectivity index (χ1n) is 5.97. The highest BCUT2D eigenvalue weighted by Gasteiger charge is 2.28. The molecule has 2 aliphatic rings. The summed E-state index contributed by atoms with van der Waals surface area (Å²) in [5.74, 6) is 0.176. The Kier molecular flexibility index (Phi) is 6.55. The summed E-state index contributed by atoms with van der Waals surface area (Å²) >= 11 is 5.59. The van der Waals surface area contributed by atoms with Gasteiger partial charge in [0.05, 0.1) is 13.2 Å². The maximum absolute atomic E-state index is 11.5. The lowest BCUT2D eigenvalue weighted by Crippen LogP contribution is -2.53. The van der Waals surface area contributed by atoms with Crippen LogP contribution in [0.1, 0.15) is 12.8 Å². The number of likely N-dealkylation sites (tertiary alicyclic amines) is 1. The minimum Gasteiger partial charge on any atom is -0.379 e. The number of rotatable bonds is 2. The Hall–Kier alpha value is -0.0300. The Morgan fingerprint density at radius 1 is 1.29 bits per heavy atom. The number of halogens is 2. The number of piperidine rings is 1. The fourth-order valence-electron chi connectivity index (χ4n) is 2.51. The molecule has 1 unspecified atom stereocenters. The molecule has 100 valence electrons. The molecule has 0 spiro atoms. The molecule has 2 fully saturated rings. The van der Waals surface area contributed by atoms with Gasteiger partial charge in [-0.05, 0) is 12.8 Å². The third kappa shape index (κ3) is 3.98. The van der Waals surface area contributed by atoms with Gasteiger partial charge in [0.2, 0.25) is 5.91 Å². The van der Waals surface area contributed by atoms with E-state index < -0.39 is 0 Å². The molecule has 0 aromatic carbocycles. The zero-order valence-electron chi connectivity index (χ0n) is 9.94. The van der Waals surface area contributed by atoms with Crippen molar-refractivity contribution in [1.29, 1.82) is 0 Å². The van der Waals surface area contributed by atoms with Crippen LogP contribution in [0.4, 0.5) is 0 Å². The van der Waals surface area contributed by atoms with E-state index in [2.05, 4.69) is 4.90 Å². The normalized spacial score (nSPS) is 26.4. The SMILES string of the molecule is Cl.O=C(CCl)N1CCCC(N2CCOCC2)C1. The lowest BCUT2D eigenvalue weighted by Gasteiger charge is -2.40. The average Bonchev–Trinajstić information content (AvgIpc) is 2.39. The quantitative estimate of drug-likeness (QED) is 0.708. The van der Waals surface area contributed by atoms with Crippen molar-refractivity contribution < 1.29 is 9.53 Å². The molecule has 1 atom stereocenters. The van der Waals surface area contributed by atoms with Crippen molar-refractivity contribution in [2.45, 2.75) is 18.9 Å². The summed E-state index contributed by atoms with van der Waals surface area (Å²) in [7, 11) is 0. The van der Waals surface area contributed by atoms with Gasteiger partial charge in [0.1, 0.15) is 5.88 Å². The number of morpholine rings is 1. The summed E-state index contributed by atoms with van der Waals surface area (Å²) < 4.78 is 5.34. The Balaban J connectivity index is 0.00000144. The molecule has 0 aliphatic carbocycles. The smallest absolute Gasteiger partial charge is 0.237 e. The summed E-state index contributed by atoms with van der Waals surface area (Å²) in [6, 6.07) is 0.504. The maximum atomic E-state index is 11.5. The largest absolute Gasteiger partial charge is 0.379 e. The van der Waals surface area contributed by atoms with Crippen LogP contribution in [0.25, 0.3) is 0 Å². The first-order valence-corrected chi connectivity index (χ1v) is 6.50. The molecule has 4 nitrogen and oxygen atoms in total. The number of hydrogen-bond donors (Lipinski definition) is 0. The Labute approximate surface area is 114 Å². The Bertz CT molecular complexity index is 248. The summed E-state index contributed by atoms with van der Waals surface area (Å²) in [5.41, 5.74) is 0. The van der Waals surface area contributed by atoms with Crippen LogP contribution < -0.4 is 0 Å². The number of carbonyl (C=O) groups is 1. The van der Waals surface area contributed by atoms with Gasteiger partial charge in [-0.25, -0.2) is 0 Å². The minimum atomic E-state index is 0. The molecule has 0 N–H and O–H groups in total. The molecule has 6 heteroatoms. The van der Waals surface area contributed by atoms with E-state index in [9.17, 15) is 4.79 Å². The molecule has 0 bridgehead atoms. The van der Waals surface area contributed by atoms with Gasteiger partial charge < -0.3 is 9.64 Å². The predicted molar refractivity (Wildman–Crippen MR) is 70.0 cm³/mol. The Morgan fingerprint density at radius 2 is 2.00 bits per heavy atom. The van der Waals surface area contributed by atoms with Crippen molar-refractivity contribution in [3.63, 3.8) is 0 Å². The summed E-state index contributed by atoms with van der Waals surface area (Å²) in [4.78, 5) is 15.9. The van der Waals surface area contributed by atoms with Crippen molar-refractivity contribution in [3.05, 3.63) is 0 Å². The van der Waals surface area contributed by atoms with Crippen LogP contribution in [0.3, 0.4) is 0 Å². The van der Waals surface area contributed by atoms with Crippen molar-refractivity contribution in [3.8, 4) is 0 Å². The minimum absolute atomic E-state index is 0. The third-order valence-electron chi connectivity index (χ3n) is 3.43. The number of carbonyl (C=O) groups excluding carboxylic acids is 1. The van der Waals surface area contributed by atoms with Crippen LogP contribution in [0.15, 0.2) is 0 Å². The fraction of sp³-hybridized carbons (Fsp3) is 0.909. The molecule has 1 amide bonds. The highest BCUT2D eigenvalue weighted by atomic mass is 35.5. The van der Waals surface area contributed by atoms with Gasteiger partial charge >= 0.3 is 0 Å². The van der Waals surface area contributed by atoms with Crippen LogP contribution in [-0.4, -0.2) is 67.0 Å². The van der Waals surface area contributed by atoms with E-state index in [0.717, 1.165) is 45.8 Å².